The summed E-state index contributed by atoms with van der Waals surface area (Å²) in [4.78, 5) is 25.1. The van der Waals surface area contributed by atoms with Crippen LogP contribution in [0.1, 0.15) is 18.7 Å². The Labute approximate surface area is 103 Å². The lowest BCUT2D eigenvalue weighted by molar-refractivity contribution is -0.0535. The van der Waals surface area contributed by atoms with E-state index < -0.39 is 29.7 Å². The van der Waals surface area contributed by atoms with Crippen molar-refractivity contribution in [1.82, 2.24) is 9.55 Å². The molecule has 4 unspecified atom stereocenters. The number of nitrogens with one attached hydrogen (secondary N) is 1. The molecule has 0 aromatic carbocycles. The lowest BCUT2D eigenvalue weighted by Crippen LogP contribution is -2.37. The van der Waals surface area contributed by atoms with Crippen LogP contribution in [0, 0.1) is 12.8 Å². The van der Waals surface area contributed by atoms with Gasteiger partial charge in [0, 0.05) is 17.7 Å². The van der Waals surface area contributed by atoms with Crippen molar-refractivity contribution >= 4 is 0 Å². The van der Waals surface area contributed by atoms with E-state index in [1.54, 1.807) is 13.8 Å². The molecular weight excluding hydrogens is 240 g/mol. The van der Waals surface area contributed by atoms with E-state index in [2.05, 4.69) is 4.98 Å². The number of H-pyrrole nitrogens is 1. The van der Waals surface area contributed by atoms with E-state index in [9.17, 15) is 14.7 Å². The largest absolute Gasteiger partial charge is 0.394 e. The van der Waals surface area contributed by atoms with Crippen LogP contribution in [-0.4, -0.2) is 38.6 Å². The highest BCUT2D eigenvalue weighted by Gasteiger charge is 2.41. The van der Waals surface area contributed by atoms with Gasteiger partial charge in [-0.15, -0.1) is 0 Å². The topological polar surface area (TPSA) is 105 Å². The van der Waals surface area contributed by atoms with Crippen LogP contribution < -0.4 is 11.2 Å². The highest BCUT2D eigenvalue weighted by Crippen LogP contribution is 2.32. The third-order valence-electron chi connectivity index (χ3n) is 3.33. The minimum absolute atomic E-state index is 0.230. The van der Waals surface area contributed by atoms with Gasteiger partial charge in [0.15, 0.2) is 6.23 Å². The van der Waals surface area contributed by atoms with Crippen molar-refractivity contribution in [3.8, 4) is 0 Å². The van der Waals surface area contributed by atoms with Crippen LogP contribution >= 0.6 is 0 Å². The summed E-state index contributed by atoms with van der Waals surface area (Å²) >= 11 is 0. The highest BCUT2D eigenvalue weighted by atomic mass is 16.5. The molecule has 1 saturated heterocycles. The van der Waals surface area contributed by atoms with Gasteiger partial charge in [-0.1, -0.05) is 6.92 Å². The first-order chi connectivity index (χ1) is 8.45. The van der Waals surface area contributed by atoms with Crippen molar-refractivity contribution in [3.05, 3.63) is 32.6 Å². The number of aromatic amines is 1. The van der Waals surface area contributed by atoms with Crippen LogP contribution in [-0.2, 0) is 4.74 Å². The van der Waals surface area contributed by atoms with Crippen LogP contribution in [0.3, 0.4) is 0 Å². The maximum atomic E-state index is 11.7. The summed E-state index contributed by atoms with van der Waals surface area (Å²) in [6.07, 6.45) is -0.976. The number of aryl methyl sites for hydroxylation is 1. The fraction of sp³-hybridized carbons (Fsp3) is 0.636. The van der Waals surface area contributed by atoms with E-state index in [0.29, 0.717) is 5.56 Å². The second-order valence-electron chi connectivity index (χ2n) is 4.58. The first-order valence-electron chi connectivity index (χ1n) is 5.72. The van der Waals surface area contributed by atoms with Gasteiger partial charge >= 0.3 is 5.69 Å². The van der Waals surface area contributed by atoms with E-state index in [1.807, 2.05) is 0 Å². The molecule has 1 aliphatic heterocycles. The van der Waals surface area contributed by atoms with Gasteiger partial charge in [0.1, 0.15) is 6.10 Å². The summed E-state index contributed by atoms with van der Waals surface area (Å²) in [7, 11) is 0. The summed E-state index contributed by atoms with van der Waals surface area (Å²) < 4.78 is 6.58. The van der Waals surface area contributed by atoms with Crippen molar-refractivity contribution in [2.45, 2.75) is 32.3 Å². The predicted octanol–water partition coefficient (Wildman–Crippen LogP) is -1.27. The monoisotopic (exact) mass is 256 g/mol. The summed E-state index contributed by atoms with van der Waals surface area (Å²) in [5.41, 5.74) is -0.749. The molecule has 0 saturated carbocycles. The number of ether oxygens (including phenoxy) is 1. The Kier molecular flexibility index (Phi) is 3.38. The highest BCUT2D eigenvalue weighted by molar-refractivity contribution is 5.02. The quantitative estimate of drug-likeness (QED) is 0.612. The third kappa shape index (κ3) is 2.00. The number of aromatic nitrogens is 2. The number of aliphatic hydroxyl groups excluding tert-OH is 2. The molecule has 3 N–H and O–H groups in total. The van der Waals surface area contributed by atoms with Crippen LogP contribution in [0.4, 0.5) is 0 Å². The molecule has 0 aliphatic carbocycles. The van der Waals surface area contributed by atoms with Crippen LogP contribution in [0.15, 0.2) is 15.8 Å². The van der Waals surface area contributed by atoms with Crippen molar-refractivity contribution in [3.63, 3.8) is 0 Å². The Hall–Kier alpha value is -1.44. The average molecular weight is 256 g/mol. The molecule has 100 valence electrons. The Morgan fingerprint density at radius 3 is 2.72 bits per heavy atom. The maximum absolute atomic E-state index is 11.7. The van der Waals surface area contributed by atoms with Crippen LogP contribution in [0.25, 0.3) is 0 Å². The lowest BCUT2D eigenvalue weighted by atomic mass is 10.0. The minimum Gasteiger partial charge on any atom is -0.394 e. The molecule has 1 aliphatic rings. The van der Waals surface area contributed by atoms with Crippen LogP contribution in [0.2, 0.25) is 0 Å². The van der Waals surface area contributed by atoms with Gasteiger partial charge in [0.05, 0.1) is 12.7 Å². The molecule has 4 atom stereocenters. The predicted molar refractivity (Wildman–Crippen MR) is 62.2 cm³/mol. The molecule has 0 radical (unpaired) electrons. The van der Waals surface area contributed by atoms with E-state index in [0.717, 1.165) is 4.57 Å². The number of nitrogens with zero attached hydrogens (tertiary/aromatic N) is 1. The van der Waals surface area contributed by atoms with E-state index in [-0.39, 0.29) is 12.5 Å². The fourth-order valence-corrected chi connectivity index (χ4v) is 2.08. The summed E-state index contributed by atoms with van der Waals surface area (Å²) in [6, 6.07) is 0. The molecular formula is C11H16N2O5. The summed E-state index contributed by atoms with van der Waals surface area (Å²) in [5, 5.41) is 19.1. The van der Waals surface area contributed by atoms with Crippen LogP contribution in [0.5, 0.6) is 0 Å². The van der Waals surface area contributed by atoms with Gasteiger partial charge in [0.25, 0.3) is 5.56 Å². The van der Waals surface area contributed by atoms with E-state index in [1.165, 1.54) is 6.20 Å². The molecule has 1 fully saturated rings. The zero-order valence-corrected chi connectivity index (χ0v) is 10.2. The third-order valence-corrected chi connectivity index (χ3v) is 3.33. The van der Waals surface area contributed by atoms with Gasteiger partial charge in [-0.2, -0.15) is 0 Å². The molecule has 1 aromatic heterocycles. The van der Waals surface area contributed by atoms with Gasteiger partial charge in [-0.05, 0) is 6.92 Å². The molecule has 18 heavy (non-hydrogen) atoms. The van der Waals surface area contributed by atoms with Gasteiger partial charge < -0.3 is 14.9 Å². The smallest absolute Gasteiger partial charge is 0.330 e. The number of aliphatic hydroxyl groups is 2. The zero-order chi connectivity index (χ0) is 13.4. The molecule has 0 bridgehead atoms. The first kappa shape index (κ1) is 13.0. The molecule has 7 nitrogen and oxygen atoms in total. The molecule has 2 rings (SSSR count). The average Bonchev–Trinajstić information content (AvgIpc) is 2.61. The molecule has 0 spiro atoms. The summed E-state index contributed by atoms with van der Waals surface area (Å²) in [6.45, 7) is 3.06. The van der Waals surface area contributed by atoms with Crippen molar-refractivity contribution in [2.24, 2.45) is 5.92 Å². The minimum atomic E-state index is -0.912. The zero-order valence-electron chi connectivity index (χ0n) is 10.2. The number of hydrogen-bond donors (Lipinski definition) is 3. The normalized spacial score (nSPS) is 31.8. The Bertz CT molecular complexity index is 549. The SMILES string of the molecule is Cc1cn(C2OC(CO)C(C)C2O)c(=O)[nH]c1=O. The Morgan fingerprint density at radius 1 is 1.50 bits per heavy atom. The standard InChI is InChI=1S/C11H16N2O5/c1-5-3-13(11(17)12-9(5)16)10-8(15)6(2)7(4-14)18-10/h3,6-8,10,14-15H,4H2,1-2H3,(H,12,16,17). The van der Waals surface area contributed by atoms with Crippen molar-refractivity contribution in [2.75, 3.05) is 6.61 Å². The number of hydrogen-bond acceptors (Lipinski definition) is 5. The molecule has 2 heterocycles. The second kappa shape index (κ2) is 4.68. The van der Waals surface area contributed by atoms with Gasteiger partial charge in [0.2, 0.25) is 0 Å². The second-order valence-corrected chi connectivity index (χ2v) is 4.58. The lowest BCUT2D eigenvalue weighted by Gasteiger charge is -2.17. The fourth-order valence-electron chi connectivity index (χ4n) is 2.08. The van der Waals surface area contributed by atoms with Gasteiger partial charge in [-0.3, -0.25) is 14.3 Å². The summed E-state index contributed by atoms with van der Waals surface area (Å²) in [5.74, 6) is -0.292. The molecule has 1 aromatic rings. The molecule has 7 heteroatoms. The van der Waals surface area contributed by atoms with Gasteiger partial charge in [-0.25, -0.2) is 4.79 Å². The number of rotatable bonds is 2. The van der Waals surface area contributed by atoms with E-state index in [4.69, 9.17) is 9.84 Å². The Balaban J connectivity index is 2.42. The van der Waals surface area contributed by atoms with E-state index >= 15 is 0 Å². The van der Waals surface area contributed by atoms with Crippen molar-refractivity contribution in [1.29, 1.82) is 0 Å². The maximum Gasteiger partial charge on any atom is 0.330 e. The molecule has 0 amide bonds. The first-order valence-corrected chi connectivity index (χ1v) is 5.72. The van der Waals surface area contributed by atoms with Crippen molar-refractivity contribution < 1.29 is 14.9 Å². The Morgan fingerprint density at radius 2 is 2.17 bits per heavy atom.